The SMILES string of the molecule is Cc1c(N)cnc(NCC2CCCCC2)c1Br. The third kappa shape index (κ3) is 3.12. The number of nitrogens with one attached hydrogen (secondary N) is 1. The van der Waals surface area contributed by atoms with Crippen molar-refractivity contribution in [1.82, 2.24) is 4.98 Å². The second-order valence-electron chi connectivity index (χ2n) is 4.89. The van der Waals surface area contributed by atoms with E-state index >= 15 is 0 Å². The Morgan fingerprint density at radius 1 is 1.41 bits per heavy atom. The van der Waals surface area contributed by atoms with Crippen molar-refractivity contribution in [2.24, 2.45) is 5.92 Å². The zero-order valence-corrected chi connectivity index (χ0v) is 11.9. The molecule has 1 aromatic rings. The first-order chi connectivity index (χ1) is 8.18. The van der Waals surface area contributed by atoms with E-state index in [2.05, 4.69) is 26.2 Å². The predicted octanol–water partition coefficient (Wildman–Crippen LogP) is 3.73. The van der Waals surface area contributed by atoms with Crippen LogP contribution in [0.5, 0.6) is 0 Å². The molecule has 94 valence electrons. The third-order valence-electron chi connectivity index (χ3n) is 3.59. The predicted molar refractivity (Wildman–Crippen MR) is 76.2 cm³/mol. The number of nitrogen functional groups attached to an aromatic ring is 1. The number of hydrogen-bond acceptors (Lipinski definition) is 3. The van der Waals surface area contributed by atoms with Crippen molar-refractivity contribution in [2.45, 2.75) is 39.0 Å². The quantitative estimate of drug-likeness (QED) is 0.894. The number of anilines is 2. The Morgan fingerprint density at radius 3 is 2.82 bits per heavy atom. The molecule has 4 heteroatoms. The van der Waals surface area contributed by atoms with Gasteiger partial charge in [-0.3, -0.25) is 0 Å². The van der Waals surface area contributed by atoms with E-state index in [1.54, 1.807) is 6.20 Å². The summed E-state index contributed by atoms with van der Waals surface area (Å²) in [5.74, 6) is 1.72. The number of nitrogens with two attached hydrogens (primary N) is 1. The number of hydrogen-bond donors (Lipinski definition) is 2. The summed E-state index contributed by atoms with van der Waals surface area (Å²) in [5.41, 5.74) is 7.61. The van der Waals surface area contributed by atoms with Crippen molar-refractivity contribution in [3.05, 3.63) is 16.2 Å². The van der Waals surface area contributed by atoms with E-state index in [4.69, 9.17) is 5.73 Å². The molecule has 1 saturated carbocycles. The minimum Gasteiger partial charge on any atom is -0.397 e. The standard InChI is InChI=1S/C13H20BrN3/c1-9-11(15)8-17-13(12(9)14)16-7-10-5-3-2-4-6-10/h8,10H,2-7,15H2,1H3,(H,16,17). The fraction of sp³-hybridized carbons (Fsp3) is 0.615. The average molecular weight is 298 g/mol. The highest BCUT2D eigenvalue weighted by Gasteiger charge is 2.14. The first-order valence-corrected chi connectivity index (χ1v) is 7.12. The molecule has 3 nitrogen and oxygen atoms in total. The van der Waals surface area contributed by atoms with Gasteiger partial charge in [0.2, 0.25) is 0 Å². The van der Waals surface area contributed by atoms with Crippen LogP contribution in [-0.2, 0) is 0 Å². The lowest BCUT2D eigenvalue weighted by atomic mass is 9.89. The summed E-state index contributed by atoms with van der Waals surface area (Å²) >= 11 is 3.55. The Labute approximate surface area is 111 Å². The van der Waals surface area contributed by atoms with Gasteiger partial charge >= 0.3 is 0 Å². The summed E-state index contributed by atoms with van der Waals surface area (Å²) in [6.07, 6.45) is 8.57. The summed E-state index contributed by atoms with van der Waals surface area (Å²) in [5, 5.41) is 3.44. The summed E-state index contributed by atoms with van der Waals surface area (Å²) in [4.78, 5) is 4.34. The Morgan fingerprint density at radius 2 is 2.12 bits per heavy atom. The van der Waals surface area contributed by atoms with E-state index in [-0.39, 0.29) is 0 Å². The maximum atomic E-state index is 5.81. The summed E-state index contributed by atoms with van der Waals surface area (Å²) < 4.78 is 0.994. The molecule has 1 aliphatic carbocycles. The number of halogens is 1. The Hall–Kier alpha value is -0.770. The highest BCUT2D eigenvalue weighted by Crippen LogP contribution is 2.29. The minimum atomic E-state index is 0.736. The molecular weight excluding hydrogens is 278 g/mol. The average Bonchev–Trinajstić information content (AvgIpc) is 2.36. The van der Waals surface area contributed by atoms with Crippen molar-refractivity contribution >= 4 is 27.4 Å². The van der Waals surface area contributed by atoms with E-state index in [1.807, 2.05) is 6.92 Å². The molecular formula is C13H20BrN3. The topological polar surface area (TPSA) is 50.9 Å². The number of aromatic nitrogens is 1. The molecule has 0 aliphatic heterocycles. The lowest BCUT2D eigenvalue weighted by molar-refractivity contribution is 0.373. The van der Waals surface area contributed by atoms with Crippen LogP contribution in [0.25, 0.3) is 0 Å². The van der Waals surface area contributed by atoms with Gasteiger partial charge in [-0.15, -0.1) is 0 Å². The number of rotatable bonds is 3. The van der Waals surface area contributed by atoms with Gasteiger partial charge in [0.1, 0.15) is 5.82 Å². The molecule has 3 N–H and O–H groups in total. The summed E-state index contributed by atoms with van der Waals surface area (Å²) in [6, 6.07) is 0. The lowest BCUT2D eigenvalue weighted by Gasteiger charge is -2.22. The van der Waals surface area contributed by atoms with Gasteiger partial charge in [0.25, 0.3) is 0 Å². The second kappa shape index (κ2) is 5.71. The monoisotopic (exact) mass is 297 g/mol. The lowest BCUT2D eigenvalue weighted by Crippen LogP contribution is -2.18. The van der Waals surface area contributed by atoms with Crippen molar-refractivity contribution in [1.29, 1.82) is 0 Å². The fourth-order valence-corrected chi connectivity index (χ4v) is 2.82. The van der Waals surface area contributed by atoms with Crippen LogP contribution in [0.4, 0.5) is 11.5 Å². The second-order valence-corrected chi connectivity index (χ2v) is 5.68. The maximum absolute atomic E-state index is 5.81. The van der Waals surface area contributed by atoms with Gasteiger partial charge in [0.15, 0.2) is 0 Å². The van der Waals surface area contributed by atoms with Crippen LogP contribution in [0.2, 0.25) is 0 Å². The Kier molecular flexibility index (Phi) is 4.26. The summed E-state index contributed by atoms with van der Waals surface area (Å²) in [7, 11) is 0. The molecule has 1 aromatic heterocycles. The largest absolute Gasteiger partial charge is 0.397 e. The molecule has 0 spiro atoms. The van der Waals surface area contributed by atoms with E-state index in [0.717, 1.165) is 34.0 Å². The van der Waals surface area contributed by atoms with E-state index in [1.165, 1.54) is 32.1 Å². The molecule has 1 heterocycles. The van der Waals surface area contributed by atoms with Gasteiger partial charge in [0, 0.05) is 6.54 Å². The Bertz CT molecular complexity index is 386. The highest BCUT2D eigenvalue weighted by atomic mass is 79.9. The van der Waals surface area contributed by atoms with Crippen LogP contribution in [0.1, 0.15) is 37.7 Å². The Balaban J connectivity index is 1.96. The van der Waals surface area contributed by atoms with Gasteiger partial charge in [-0.25, -0.2) is 4.98 Å². The van der Waals surface area contributed by atoms with Gasteiger partial charge < -0.3 is 11.1 Å². The van der Waals surface area contributed by atoms with Crippen molar-refractivity contribution in [2.75, 3.05) is 17.6 Å². The smallest absolute Gasteiger partial charge is 0.140 e. The molecule has 0 atom stereocenters. The first-order valence-electron chi connectivity index (χ1n) is 6.33. The molecule has 17 heavy (non-hydrogen) atoms. The molecule has 0 saturated heterocycles. The van der Waals surface area contributed by atoms with E-state index in [0.29, 0.717) is 0 Å². The minimum absolute atomic E-state index is 0.736. The van der Waals surface area contributed by atoms with Crippen LogP contribution in [0, 0.1) is 12.8 Å². The molecule has 0 unspecified atom stereocenters. The van der Waals surface area contributed by atoms with E-state index in [9.17, 15) is 0 Å². The fourth-order valence-electron chi connectivity index (χ4n) is 2.35. The maximum Gasteiger partial charge on any atom is 0.140 e. The molecule has 0 bridgehead atoms. The summed E-state index contributed by atoms with van der Waals surface area (Å²) in [6.45, 7) is 3.03. The first kappa shape index (κ1) is 12.7. The van der Waals surface area contributed by atoms with Gasteiger partial charge in [-0.05, 0) is 47.2 Å². The molecule has 1 aliphatic rings. The molecule has 0 aromatic carbocycles. The normalized spacial score (nSPS) is 17.1. The third-order valence-corrected chi connectivity index (χ3v) is 4.56. The molecule has 0 radical (unpaired) electrons. The molecule has 2 rings (SSSR count). The van der Waals surface area contributed by atoms with Crippen LogP contribution >= 0.6 is 15.9 Å². The van der Waals surface area contributed by atoms with Crippen molar-refractivity contribution in [3.8, 4) is 0 Å². The van der Waals surface area contributed by atoms with Crippen LogP contribution in [-0.4, -0.2) is 11.5 Å². The zero-order valence-electron chi connectivity index (χ0n) is 10.3. The highest BCUT2D eigenvalue weighted by molar-refractivity contribution is 9.10. The van der Waals surface area contributed by atoms with Crippen molar-refractivity contribution < 1.29 is 0 Å². The van der Waals surface area contributed by atoms with Crippen LogP contribution in [0.15, 0.2) is 10.7 Å². The van der Waals surface area contributed by atoms with Gasteiger partial charge in [0.05, 0.1) is 16.4 Å². The van der Waals surface area contributed by atoms with Crippen molar-refractivity contribution in [3.63, 3.8) is 0 Å². The zero-order chi connectivity index (χ0) is 12.3. The number of pyridine rings is 1. The molecule has 1 fully saturated rings. The number of nitrogens with zero attached hydrogens (tertiary/aromatic N) is 1. The van der Waals surface area contributed by atoms with Crippen LogP contribution < -0.4 is 11.1 Å². The van der Waals surface area contributed by atoms with Gasteiger partial charge in [-0.1, -0.05) is 19.3 Å². The van der Waals surface area contributed by atoms with Crippen LogP contribution in [0.3, 0.4) is 0 Å². The van der Waals surface area contributed by atoms with Gasteiger partial charge in [-0.2, -0.15) is 0 Å². The van der Waals surface area contributed by atoms with E-state index < -0.39 is 0 Å². The molecule has 0 amide bonds.